The lowest BCUT2D eigenvalue weighted by Crippen LogP contribution is -2.60. The molecule has 0 radical (unpaired) electrons. The van der Waals surface area contributed by atoms with Gasteiger partial charge < -0.3 is 40.9 Å². The topological polar surface area (TPSA) is 183 Å². The van der Waals surface area contributed by atoms with Gasteiger partial charge in [0.25, 0.3) is 0 Å². The molecule has 0 spiro atoms. The maximum Gasteiger partial charge on any atom is 0.451 e. The van der Waals surface area contributed by atoms with E-state index in [9.17, 15) is 24.6 Å². The molecule has 11 nitrogen and oxygen atoms in total. The summed E-state index contributed by atoms with van der Waals surface area (Å²) in [4.78, 5) is 36.4. The lowest BCUT2D eigenvalue weighted by Gasteiger charge is -2.40. The number of carbonyl (C=O) groups excluding carboxylic acids is 2. The Kier molecular flexibility index (Phi) is 7.43. The van der Waals surface area contributed by atoms with E-state index >= 15 is 0 Å². The fraction of sp³-hybridized carbons (Fsp3) is 0.471. The van der Waals surface area contributed by atoms with Crippen LogP contribution in [-0.4, -0.2) is 82.3 Å². The van der Waals surface area contributed by atoms with Gasteiger partial charge in [0, 0.05) is 0 Å². The molecule has 1 fully saturated rings. The van der Waals surface area contributed by atoms with E-state index in [1.54, 1.807) is 7.05 Å². The van der Waals surface area contributed by atoms with Crippen LogP contribution in [0.5, 0.6) is 11.5 Å². The molecule has 12 heteroatoms. The van der Waals surface area contributed by atoms with E-state index < -0.39 is 42.5 Å². The number of carboxylic acid groups (broad SMARTS) is 1. The molecule has 0 unspecified atom stereocenters. The number of amides is 2. The minimum atomic E-state index is -1.58. The number of carboxylic acids is 1. The number of likely N-dealkylation sites (tertiary alicyclic amines) is 1. The summed E-state index contributed by atoms with van der Waals surface area (Å²) in [5.74, 6) is -2.87. The maximum absolute atomic E-state index is 12.3. The van der Waals surface area contributed by atoms with Crippen molar-refractivity contribution in [3.8, 4) is 11.5 Å². The minimum Gasteiger partial charge on any atom is -0.507 e. The molecule has 1 saturated heterocycles. The third kappa shape index (κ3) is 5.59. The fourth-order valence-corrected chi connectivity index (χ4v) is 3.01. The highest BCUT2D eigenvalue weighted by Gasteiger charge is 2.36. The van der Waals surface area contributed by atoms with E-state index in [1.165, 1.54) is 17.0 Å². The van der Waals surface area contributed by atoms with E-state index in [0.717, 1.165) is 0 Å². The molecular formula is C17H24BN3O8. The first-order chi connectivity index (χ1) is 13.6. The molecule has 0 aromatic heterocycles. The van der Waals surface area contributed by atoms with Gasteiger partial charge in [0.05, 0.1) is 25.6 Å². The van der Waals surface area contributed by atoms with Crippen molar-refractivity contribution in [3.63, 3.8) is 0 Å². The summed E-state index contributed by atoms with van der Waals surface area (Å²) in [7, 11) is -0.0356. The summed E-state index contributed by atoms with van der Waals surface area (Å²) in [5.41, 5.74) is 4.94. The van der Waals surface area contributed by atoms with Crippen molar-refractivity contribution in [3.05, 3.63) is 23.3 Å². The van der Waals surface area contributed by atoms with Crippen LogP contribution in [0.25, 0.3) is 0 Å². The second-order valence-electron chi connectivity index (χ2n) is 6.77. The van der Waals surface area contributed by atoms with E-state index in [0.29, 0.717) is 0 Å². The molecule has 1 heterocycles. The van der Waals surface area contributed by atoms with Crippen molar-refractivity contribution in [2.45, 2.75) is 31.3 Å². The number of carbonyl (C=O) groups is 3. The third-order valence-corrected chi connectivity index (χ3v) is 4.61. The van der Waals surface area contributed by atoms with Gasteiger partial charge in [0.1, 0.15) is 23.2 Å². The predicted molar refractivity (Wildman–Crippen MR) is 101 cm³/mol. The van der Waals surface area contributed by atoms with Crippen molar-refractivity contribution in [1.82, 2.24) is 10.2 Å². The number of phenols is 1. The Morgan fingerprint density at radius 2 is 2.00 bits per heavy atom. The lowest BCUT2D eigenvalue weighted by atomic mass is 9.82. The van der Waals surface area contributed by atoms with Crippen LogP contribution in [0.3, 0.4) is 0 Å². The van der Waals surface area contributed by atoms with E-state index in [-0.39, 0.29) is 49.5 Å². The number of ether oxygens (including phenoxy) is 1. The van der Waals surface area contributed by atoms with Crippen molar-refractivity contribution >= 4 is 24.9 Å². The van der Waals surface area contributed by atoms with Crippen molar-refractivity contribution in [1.29, 1.82) is 0 Å². The van der Waals surface area contributed by atoms with Crippen LogP contribution in [0.4, 0.5) is 0 Å². The van der Waals surface area contributed by atoms with Crippen molar-refractivity contribution in [2.24, 2.45) is 5.73 Å². The molecule has 29 heavy (non-hydrogen) atoms. The third-order valence-electron chi connectivity index (χ3n) is 4.61. The van der Waals surface area contributed by atoms with Crippen LogP contribution in [0.2, 0.25) is 6.32 Å². The molecule has 2 rings (SSSR count). The van der Waals surface area contributed by atoms with Gasteiger partial charge >= 0.3 is 13.1 Å². The number of likely N-dealkylation sites (N-methyl/N-ethyl adjacent to an activating group) is 1. The summed E-state index contributed by atoms with van der Waals surface area (Å²) >= 11 is 0. The van der Waals surface area contributed by atoms with Crippen molar-refractivity contribution in [2.75, 3.05) is 20.1 Å². The van der Waals surface area contributed by atoms with Gasteiger partial charge in [-0.25, -0.2) is 4.79 Å². The molecule has 1 aliphatic rings. The zero-order chi connectivity index (χ0) is 21.7. The van der Waals surface area contributed by atoms with Gasteiger partial charge in [-0.05, 0) is 31.4 Å². The SMILES string of the molecule is CN[C@H](CC(N)=O)C(=O)N1CC(Oc2ccc(CCB(O)O)c(O)c2C(=O)O)C1. The first kappa shape index (κ1) is 22.5. The van der Waals surface area contributed by atoms with Crippen LogP contribution < -0.4 is 15.8 Å². The zero-order valence-corrected chi connectivity index (χ0v) is 15.9. The van der Waals surface area contributed by atoms with Gasteiger partial charge in [-0.15, -0.1) is 0 Å². The summed E-state index contributed by atoms with van der Waals surface area (Å²) in [6, 6.07) is 2.09. The fourth-order valence-electron chi connectivity index (χ4n) is 3.01. The average molecular weight is 409 g/mol. The van der Waals surface area contributed by atoms with Gasteiger partial charge in [0.2, 0.25) is 11.8 Å². The van der Waals surface area contributed by atoms with Crippen LogP contribution in [0, 0.1) is 0 Å². The number of nitrogens with one attached hydrogen (secondary N) is 1. The molecule has 1 aliphatic heterocycles. The smallest absolute Gasteiger partial charge is 0.451 e. The van der Waals surface area contributed by atoms with E-state index in [1.807, 2.05) is 0 Å². The normalized spacial score (nSPS) is 14.8. The summed E-state index contributed by atoms with van der Waals surface area (Å²) in [6.45, 7) is 0.377. The highest BCUT2D eigenvalue weighted by atomic mass is 16.5. The molecular weight excluding hydrogens is 385 g/mol. The number of benzene rings is 1. The minimum absolute atomic E-state index is 0.0531. The monoisotopic (exact) mass is 409 g/mol. The maximum atomic E-state index is 12.3. The average Bonchev–Trinajstić information content (AvgIpc) is 2.60. The number of aromatic carboxylic acids is 1. The molecule has 0 bridgehead atoms. The Balaban J connectivity index is 2.04. The predicted octanol–water partition coefficient (Wildman–Crippen LogP) is -1.84. The number of primary amides is 1. The van der Waals surface area contributed by atoms with Gasteiger partial charge in [-0.2, -0.15) is 0 Å². The Labute approximate surface area is 167 Å². The summed E-state index contributed by atoms with van der Waals surface area (Å²) in [5, 5.41) is 40.3. The lowest BCUT2D eigenvalue weighted by molar-refractivity contribution is -0.143. The van der Waals surface area contributed by atoms with Gasteiger partial charge in [-0.1, -0.05) is 6.07 Å². The number of aryl methyl sites for hydroxylation is 1. The van der Waals surface area contributed by atoms with Gasteiger partial charge in [-0.3, -0.25) is 9.59 Å². The van der Waals surface area contributed by atoms with E-state index in [2.05, 4.69) is 5.32 Å². The molecule has 2 amide bonds. The molecule has 1 aromatic rings. The molecule has 0 saturated carbocycles. The molecule has 1 atom stereocenters. The number of nitrogens with zero attached hydrogens (tertiary/aromatic N) is 1. The Morgan fingerprint density at radius 1 is 1.34 bits per heavy atom. The van der Waals surface area contributed by atoms with E-state index in [4.69, 9.17) is 20.5 Å². The Hall–Kier alpha value is -2.83. The number of aromatic hydroxyl groups is 1. The van der Waals surface area contributed by atoms with Crippen LogP contribution in [-0.2, 0) is 16.0 Å². The molecule has 7 N–H and O–H groups in total. The first-order valence-corrected chi connectivity index (χ1v) is 8.99. The number of hydrogen-bond acceptors (Lipinski definition) is 8. The quantitative estimate of drug-likeness (QED) is 0.242. The standard InChI is InChI=1S/C17H24BN3O8/c1-20-11(6-13(19)22)16(24)21-7-10(8-21)29-12-3-2-9(4-5-18(27)28)15(23)14(12)17(25)26/h2-3,10-11,20,23,27-28H,4-8H2,1H3,(H2,19,22)(H,25,26)/t11-/m1/s1. The second kappa shape index (κ2) is 9.59. The second-order valence-corrected chi connectivity index (χ2v) is 6.77. The Morgan fingerprint density at radius 3 is 2.52 bits per heavy atom. The zero-order valence-electron chi connectivity index (χ0n) is 15.9. The summed E-state index contributed by atoms with van der Waals surface area (Å²) < 4.78 is 5.63. The number of rotatable bonds is 10. The Bertz CT molecular complexity index is 782. The largest absolute Gasteiger partial charge is 0.507 e. The van der Waals surface area contributed by atoms with Gasteiger partial charge in [0.15, 0.2) is 0 Å². The number of nitrogens with two attached hydrogens (primary N) is 1. The molecule has 1 aromatic carbocycles. The number of hydrogen-bond donors (Lipinski definition) is 6. The molecule has 0 aliphatic carbocycles. The summed E-state index contributed by atoms with van der Waals surface area (Å²) in [6.07, 6.45) is -0.614. The first-order valence-electron chi connectivity index (χ1n) is 8.99. The van der Waals surface area contributed by atoms with Crippen LogP contribution in [0.1, 0.15) is 22.3 Å². The van der Waals surface area contributed by atoms with Crippen LogP contribution in [0.15, 0.2) is 12.1 Å². The van der Waals surface area contributed by atoms with Crippen LogP contribution >= 0.6 is 0 Å². The molecule has 158 valence electrons. The highest BCUT2D eigenvalue weighted by Crippen LogP contribution is 2.34. The highest BCUT2D eigenvalue weighted by molar-refractivity contribution is 6.41. The van der Waals surface area contributed by atoms with Crippen molar-refractivity contribution < 1.29 is 39.4 Å².